The fraction of sp³-hybridized carbons (Fsp3) is 0.636. The van der Waals surface area contributed by atoms with Crippen molar-refractivity contribution in [3.05, 3.63) is 23.7 Å². The van der Waals surface area contributed by atoms with Gasteiger partial charge in [0.05, 0.1) is 19.2 Å². The van der Waals surface area contributed by atoms with Gasteiger partial charge in [0.15, 0.2) is 0 Å². The van der Waals surface area contributed by atoms with Crippen LogP contribution in [0.2, 0.25) is 0 Å². The number of likely N-dealkylation sites (tertiary alicyclic amines) is 1. The molecule has 1 aliphatic heterocycles. The summed E-state index contributed by atoms with van der Waals surface area (Å²) < 4.78 is 5.53. The third-order valence-electron chi connectivity index (χ3n) is 2.86. The fourth-order valence-corrected chi connectivity index (χ4v) is 1.91. The number of furan rings is 1. The summed E-state index contributed by atoms with van der Waals surface area (Å²) >= 11 is 0. The van der Waals surface area contributed by atoms with E-state index in [0.717, 1.165) is 44.0 Å². The van der Waals surface area contributed by atoms with Gasteiger partial charge >= 0.3 is 0 Å². The molecule has 1 aromatic heterocycles. The first-order valence-electron chi connectivity index (χ1n) is 5.46. The smallest absolute Gasteiger partial charge is 0.118 e. The van der Waals surface area contributed by atoms with E-state index >= 15 is 0 Å². The highest BCUT2D eigenvalue weighted by Crippen LogP contribution is 2.15. The van der Waals surface area contributed by atoms with Gasteiger partial charge in [-0.1, -0.05) is 0 Å². The zero-order chi connectivity index (χ0) is 10.7. The van der Waals surface area contributed by atoms with E-state index in [1.54, 1.807) is 0 Å². The number of hydrogen-bond acceptors (Lipinski definition) is 4. The van der Waals surface area contributed by atoms with Crippen LogP contribution in [0.25, 0.3) is 0 Å². The van der Waals surface area contributed by atoms with Gasteiger partial charge in [0, 0.05) is 13.1 Å². The molecule has 1 aromatic rings. The Bertz CT molecular complexity index is 303. The number of hydrogen-bond donors (Lipinski definition) is 2. The topological polar surface area (TPSA) is 62.6 Å². The van der Waals surface area contributed by atoms with Crippen LogP contribution in [0.15, 0.2) is 16.5 Å². The lowest BCUT2D eigenvalue weighted by Gasteiger charge is -2.28. The van der Waals surface area contributed by atoms with E-state index in [1.165, 1.54) is 0 Å². The first-order chi connectivity index (χ1) is 7.28. The molecule has 2 rings (SSSR count). The van der Waals surface area contributed by atoms with Crippen LogP contribution in [0, 0.1) is 0 Å². The molecule has 4 heteroatoms. The molecule has 3 N–H and O–H groups in total. The summed E-state index contributed by atoms with van der Waals surface area (Å²) in [5.41, 5.74) is 5.47. The Morgan fingerprint density at radius 2 is 2.00 bits per heavy atom. The monoisotopic (exact) mass is 210 g/mol. The highest BCUT2D eigenvalue weighted by Gasteiger charge is 2.17. The van der Waals surface area contributed by atoms with Crippen molar-refractivity contribution in [2.24, 2.45) is 5.73 Å². The number of aliphatic hydroxyl groups excluding tert-OH is 1. The fourth-order valence-electron chi connectivity index (χ4n) is 1.91. The van der Waals surface area contributed by atoms with Crippen LogP contribution >= 0.6 is 0 Å². The van der Waals surface area contributed by atoms with Crippen LogP contribution in [0.5, 0.6) is 0 Å². The molecule has 2 heterocycles. The van der Waals surface area contributed by atoms with Gasteiger partial charge < -0.3 is 15.3 Å². The zero-order valence-corrected chi connectivity index (χ0v) is 8.85. The van der Waals surface area contributed by atoms with Gasteiger partial charge in [0.25, 0.3) is 0 Å². The maximum absolute atomic E-state index is 9.37. The van der Waals surface area contributed by atoms with Gasteiger partial charge in [0.2, 0.25) is 0 Å². The quantitative estimate of drug-likeness (QED) is 0.770. The number of nitrogens with two attached hydrogens (primary N) is 1. The molecule has 4 nitrogen and oxygen atoms in total. The number of aliphatic hydroxyl groups is 1. The lowest BCUT2D eigenvalue weighted by Crippen LogP contribution is -2.35. The average molecular weight is 210 g/mol. The van der Waals surface area contributed by atoms with Crippen molar-refractivity contribution < 1.29 is 9.52 Å². The lowest BCUT2D eigenvalue weighted by atomic mass is 10.1. The summed E-state index contributed by atoms with van der Waals surface area (Å²) in [5.74, 6) is 1.80. The molecule has 1 saturated heterocycles. The van der Waals surface area contributed by atoms with Crippen LogP contribution in [0.1, 0.15) is 24.4 Å². The lowest BCUT2D eigenvalue weighted by molar-refractivity contribution is 0.0758. The van der Waals surface area contributed by atoms with Crippen molar-refractivity contribution in [3.8, 4) is 0 Å². The van der Waals surface area contributed by atoms with Crippen LogP contribution in [-0.2, 0) is 13.1 Å². The van der Waals surface area contributed by atoms with E-state index in [9.17, 15) is 5.11 Å². The van der Waals surface area contributed by atoms with Gasteiger partial charge in [-0.2, -0.15) is 0 Å². The molecule has 0 amide bonds. The summed E-state index contributed by atoms with van der Waals surface area (Å²) in [6, 6.07) is 3.90. The standard InChI is InChI=1S/C11H18N2O2/c12-7-10-1-2-11(15-10)8-13-5-3-9(14)4-6-13/h1-2,9,14H,3-8,12H2. The maximum atomic E-state index is 9.37. The Morgan fingerprint density at radius 1 is 1.33 bits per heavy atom. The van der Waals surface area contributed by atoms with Gasteiger partial charge in [-0.05, 0) is 25.0 Å². The van der Waals surface area contributed by atoms with Crippen molar-refractivity contribution in [1.29, 1.82) is 0 Å². The van der Waals surface area contributed by atoms with E-state index in [4.69, 9.17) is 10.2 Å². The summed E-state index contributed by atoms with van der Waals surface area (Å²) in [6.07, 6.45) is 1.62. The minimum Gasteiger partial charge on any atom is -0.463 e. The SMILES string of the molecule is NCc1ccc(CN2CCC(O)CC2)o1. The van der Waals surface area contributed by atoms with Gasteiger partial charge in [-0.15, -0.1) is 0 Å². The molecule has 0 aliphatic carbocycles. The predicted molar refractivity (Wildman–Crippen MR) is 57.1 cm³/mol. The van der Waals surface area contributed by atoms with E-state index in [1.807, 2.05) is 12.1 Å². The minimum atomic E-state index is -0.113. The maximum Gasteiger partial charge on any atom is 0.118 e. The summed E-state index contributed by atoms with van der Waals surface area (Å²) in [4.78, 5) is 2.30. The highest BCUT2D eigenvalue weighted by atomic mass is 16.3. The van der Waals surface area contributed by atoms with Crippen molar-refractivity contribution >= 4 is 0 Å². The summed E-state index contributed by atoms with van der Waals surface area (Å²) in [7, 11) is 0. The largest absolute Gasteiger partial charge is 0.463 e. The third kappa shape index (κ3) is 2.81. The van der Waals surface area contributed by atoms with Gasteiger partial charge in [0.1, 0.15) is 11.5 Å². The number of piperidine rings is 1. The molecule has 1 fully saturated rings. The van der Waals surface area contributed by atoms with Crippen LogP contribution in [0.4, 0.5) is 0 Å². The van der Waals surface area contributed by atoms with Gasteiger partial charge in [-0.3, -0.25) is 4.90 Å². The molecule has 0 atom stereocenters. The Labute approximate surface area is 89.7 Å². The molecular weight excluding hydrogens is 192 g/mol. The van der Waals surface area contributed by atoms with E-state index < -0.39 is 0 Å². The second-order valence-corrected chi connectivity index (χ2v) is 4.08. The Kier molecular flexibility index (Phi) is 3.41. The molecule has 0 unspecified atom stereocenters. The first kappa shape index (κ1) is 10.7. The zero-order valence-electron chi connectivity index (χ0n) is 8.85. The van der Waals surface area contributed by atoms with Crippen LogP contribution in [-0.4, -0.2) is 29.2 Å². The van der Waals surface area contributed by atoms with Crippen molar-refractivity contribution in [2.45, 2.75) is 32.0 Å². The van der Waals surface area contributed by atoms with Crippen LogP contribution < -0.4 is 5.73 Å². The van der Waals surface area contributed by atoms with E-state index in [2.05, 4.69) is 4.90 Å². The molecule has 0 spiro atoms. The van der Waals surface area contributed by atoms with Crippen molar-refractivity contribution in [3.63, 3.8) is 0 Å². The van der Waals surface area contributed by atoms with E-state index in [0.29, 0.717) is 6.54 Å². The summed E-state index contributed by atoms with van der Waals surface area (Å²) in [6.45, 7) is 3.17. The Morgan fingerprint density at radius 3 is 2.60 bits per heavy atom. The minimum absolute atomic E-state index is 0.113. The van der Waals surface area contributed by atoms with Crippen LogP contribution in [0.3, 0.4) is 0 Å². The molecule has 0 radical (unpaired) electrons. The van der Waals surface area contributed by atoms with Crippen molar-refractivity contribution in [1.82, 2.24) is 4.90 Å². The molecule has 0 bridgehead atoms. The Balaban J connectivity index is 1.86. The number of rotatable bonds is 3. The average Bonchev–Trinajstić information content (AvgIpc) is 2.69. The molecule has 84 valence electrons. The molecular formula is C11H18N2O2. The van der Waals surface area contributed by atoms with Crippen molar-refractivity contribution in [2.75, 3.05) is 13.1 Å². The van der Waals surface area contributed by atoms with Gasteiger partial charge in [-0.25, -0.2) is 0 Å². The molecule has 1 aliphatic rings. The molecule has 0 saturated carbocycles. The molecule has 0 aromatic carbocycles. The number of nitrogens with zero attached hydrogens (tertiary/aromatic N) is 1. The second kappa shape index (κ2) is 4.79. The normalized spacial score (nSPS) is 19.6. The third-order valence-corrected chi connectivity index (χ3v) is 2.86. The summed E-state index contributed by atoms with van der Waals surface area (Å²) in [5, 5.41) is 9.37. The Hall–Kier alpha value is -0.840. The first-order valence-corrected chi connectivity index (χ1v) is 5.46. The predicted octanol–water partition coefficient (Wildman–Crippen LogP) is 0.695. The second-order valence-electron chi connectivity index (χ2n) is 4.08. The highest BCUT2D eigenvalue weighted by molar-refractivity contribution is 5.06. The van der Waals surface area contributed by atoms with E-state index in [-0.39, 0.29) is 6.10 Å². The molecule has 15 heavy (non-hydrogen) atoms.